The van der Waals surface area contributed by atoms with Crippen LogP contribution in [0.15, 0.2) is 0 Å². The summed E-state index contributed by atoms with van der Waals surface area (Å²) in [5, 5.41) is 12.1. The summed E-state index contributed by atoms with van der Waals surface area (Å²) in [7, 11) is 0. The van der Waals surface area contributed by atoms with Gasteiger partial charge in [0.25, 0.3) is 0 Å². The number of hydrogen-bond donors (Lipinski definition) is 2. The van der Waals surface area contributed by atoms with Crippen LogP contribution in [0.3, 0.4) is 0 Å². The number of aliphatic hydroxyl groups excluding tert-OH is 1. The Morgan fingerprint density at radius 3 is 2.56 bits per heavy atom. The topological polar surface area (TPSA) is 49.3 Å². The fourth-order valence-corrected chi connectivity index (χ4v) is 2.37. The van der Waals surface area contributed by atoms with Crippen LogP contribution < -0.4 is 5.32 Å². The van der Waals surface area contributed by atoms with E-state index in [2.05, 4.69) is 12.2 Å². The van der Waals surface area contributed by atoms with Crippen molar-refractivity contribution >= 4 is 5.91 Å². The van der Waals surface area contributed by atoms with Crippen LogP contribution in [0, 0.1) is 5.41 Å². The number of rotatable bonds is 5. The van der Waals surface area contributed by atoms with Gasteiger partial charge in [0.05, 0.1) is 6.10 Å². The number of hydrogen-bond acceptors (Lipinski definition) is 2. The molecule has 0 bridgehead atoms. The summed E-state index contributed by atoms with van der Waals surface area (Å²) in [5.41, 5.74) is -0.136. The first-order valence-corrected chi connectivity index (χ1v) is 6.51. The lowest BCUT2D eigenvalue weighted by molar-refractivity contribution is -0.131. The van der Waals surface area contributed by atoms with Crippen molar-refractivity contribution in [3.05, 3.63) is 0 Å². The van der Waals surface area contributed by atoms with E-state index < -0.39 is 0 Å². The average molecular weight is 227 g/mol. The maximum Gasteiger partial charge on any atom is 0.225 e. The van der Waals surface area contributed by atoms with Gasteiger partial charge in [-0.05, 0) is 32.6 Å². The molecule has 94 valence electrons. The number of aliphatic hydroxyl groups is 1. The normalized spacial score (nSPS) is 21.4. The van der Waals surface area contributed by atoms with Crippen molar-refractivity contribution in [3.8, 4) is 0 Å². The van der Waals surface area contributed by atoms with Gasteiger partial charge >= 0.3 is 0 Å². The molecule has 0 aromatic rings. The molecule has 1 aliphatic rings. The minimum absolute atomic E-state index is 0.136. The molecule has 3 heteroatoms. The van der Waals surface area contributed by atoms with Gasteiger partial charge in [-0.3, -0.25) is 4.79 Å². The third-order valence-electron chi connectivity index (χ3n) is 3.59. The van der Waals surface area contributed by atoms with Crippen molar-refractivity contribution in [2.45, 2.75) is 64.9 Å². The van der Waals surface area contributed by atoms with Crippen LogP contribution in [0.1, 0.15) is 58.8 Å². The standard InChI is InChI=1S/C13H25NO2/c1-11(15)7-6-10-14-12(16)13(2)8-4-3-5-9-13/h11,15H,3-10H2,1-2H3,(H,14,16). The fourth-order valence-electron chi connectivity index (χ4n) is 2.37. The van der Waals surface area contributed by atoms with Crippen molar-refractivity contribution < 1.29 is 9.90 Å². The van der Waals surface area contributed by atoms with E-state index in [-0.39, 0.29) is 17.4 Å². The molecule has 0 radical (unpaired) electrons. The van der Waals surface area contributed by atoms with Gasteiger partial charge in [0.1, 0.15) is 0 Å². The Kier molecular flexibility index (Phi) is 5.26. The molecule has 0 aromatic carbocycles. The maximum absolute atomic E-state index is 12.0. The number of carbonyl (C=O) groups is 1. The van der Waals surface area contributed by atoms with Crippen LogP contribution in [-0.2, 0) is 4.79 Å². The molecule has 1 aliphatic carbocycles. The Morgan fingerprint density at radius 2 is 2.00 bits per heavy atom. The van der Waals surface area contributed by atoms with Crippen molar-refractivity contribution in [1.29, 1.82) is 0 Å². The van der Waals surface area contributed by atoms with Crippen LogP contribution in [0.2, 0.25) is 0 Å². The molecular formula is C13H25NO2. The third-order valence-corrected chi connectivity index (χ3v) is 3.59. The lowest BCUT2D eigenvalue weighted by Gasteiger charge is -2.32. The minimum Gasteiger partial charge on any atom is -0.393 e. The van der Waals surface area contributed by atoms with E-state index in [0.29, 0.717) is 6.54 Å². The number of nitrogens with one attached hydrogen (secondary N) is 1. The summed E-state index contributed by atoms with van der Waals surface area (Å²) in [5.74, 6) is 0.206. The largest absolute Gasteiger partial charge is 0.393 e. The first-order chi connectivity index (χ1) is 7.54. The molecule has 1 saturated carbocycles. The molecule has 2 N–H and O–H groups in total. The smallest absolute Gasteiger partial charge is 0.225 e. The highest BCUT2D eigenvalue weighted by molar-refractivity contribution is 5.82. The molecule has 0 aliphatic heterocycles. The Balaban J connectivity index is 2.23. The van der Waals surface area contributed by atoms with E-state index in [1.807, 2.05) is 0 Å². The molecule has 0 aromatic heterocycles. The summed E-state index contributed by atoms with van der Waals surface area (Å²) in [6.45, 7) is 4.56. The van der Waals surface area contributed by atoms with Crippen molar-refractivity contribution in [3.63, 3.8) is 0 Å². The summed E-state index contributed by atoms with van der Waals surface area (Å²) >= 11 is 0. The minimum atomic E-state index is -0.262. The van der Waals surface area contributed by atoms with Gasteiger partial charge in [-0.1, -0.05) is 26.2 Å². The summed E-state index contributed by atoms with van der Waals surface area (Å²) in [4.78, 5) is 12.0. The van der Waals surface area contributed by atoms with Crippen LogP contribution >= 0.6 is 0 Å². The SMILES string of the molecule is CC(O)CCCNC(=O)C1(C)CCCCC1. The summed E-state index contributed by atoms with van der Waals surface area (Å²) < 4.78 is 0. The van der Waals surface area contributed by atoms with Crippen LogP contribution in [0.25, 0.3) is 0 Å². The monoisotopic (exact) mass is 227 g/mol. The second-order valence-electron chi connectivity index (χ2n) is 5.37. The molecule has 0 spiro atoms. The first-order valence-electron chi connectivity index (χ1n) is 6.51. The second-order valence-corrected chi connectivity index (χ2v) is 5.37. The molecule has 16 heavy (non-hydrogen) atoms. The quantitative estimate of drug-likeness (QED) is 0.708. The molecule has 0 saturated heterocycles. The molecule has 1 amide bonds. The molecular weight excluding hydrogens is 202 g/mol. The van der Waals surface area contributed by atoms with E-state index >= 15 is 0 Å². The zero-order valence-corrected chi connectivity index (χ0v) is 10.6. The Hall–Kier alpha value is -0.570. The maximum atomic E-state index is 12.0. The summed E-state index contributed by atoms with van der Waals surface area (Å²) in [6, 6.07) is 0. The van der Waals surface area contributed by atoms with Gasteiger partial charge in [-0.2, -0.15) is 0 Å². The van der Waals surface area contributed by atoms with Crippen LogP contribution in [0.5, 0.6) is 0 Å². The van der Waals surface area contributed by atoms with Crippen LogP contribution in [0.4, 0.5) is 0 Å². The van der Waals surface area contributed by atoms with E-state index in [4.69, 9.17) is 5.11 Å². The average Bonchev–Trinajstić information content (AvgIpc) is 2.25. The van der Waals surface area contributed by atoms with Gasteiger partial charge < -0.3 is 10.4 Å². The van der Waals surface area contributed by atoms with Gasteiger partial charge in [0.2, 0.25) is 5.91 Å². The second kappa shape index (κ2) is 6.24. The first kappa shape index (κ1) is 13.5. The lowest BCUT2D eigenvalue weighted by atomic mass is 9.75. The zero-order valence-electron chi connectivity index (χ0n) is 10.6. The van der Waals surface area contributed by atoms with Gasteiger partial charge in [-0.15, -0.1) is 0 Å². The van der Waals surface area contributed by atoms with E-state index in [0.717, 1.165) is 25.7 Å². The predicted octanol–water partition coefficient (Wildman–Crippen LogP) is 2.23. The molecule has 1 unspecified atom stereocenters. The Labute approximate surface area is 98.6 Å². The van der Waals surface area contributed by atoms with E-state index in [1.165, 1.54) is 19.3 Å². The van der Waals surface area contributed by atoms with Crippen molar-refractivity contribution in [1.82, 2.24) is 5.32 Å². The van der Waals surface area contributed by atoms with Crippen molar-refractivity contribution in [2.24, 2.45) is 5.41 Å². The number of amides is 1. The molecule has 1 fully saturated rings. The third kappa shape index (κ3) is 4.12. The van der Waals surface area contributed by atoms with Crippen molar-refractivity contribution in [2.75, 3.05) is 6.54 Å². The lowest BCUT2D eigenvalue weighted by Crippen LogP contribution is -2.40. The molecule has 1 rings (SSSR count). The van der Waals surface area contributed by atoms with Gasteiger partial charge in [0.15, 0.2) is 0 Å². The predicted molar refractivity (Wildman–Crippen MR) is 65.1 cm³/mol. The van der Waals surface area contributed by atoms with E-state index in [9.17, 15) is 4.79 Å². The number of carbonyl (C=O) groups excluding carboxylic acids is 1. The van der Waals surface area contributed by atoms with Gasteiger partial charge in [0, 0.05) is 12.0 Å². The Morgan fingerprint density at radius 1 is 1.38 bits per heavy atom. The zero-order chi connectivity index (χ0) is 12.0. The highest BCUT2D eigenvalue weighted by Crippen LogP contribution is 2.35. The highest BCUT2D eigenvalue weighted by Gasteiger charge is 2.33. The molecule has 1 atom stereocenters. The van der Waals surface area contributed by atoms with Crippen LogP contribution in [-0.4, -0.2) is 23.7 Å². The van der Waals surface area contributed by atoms with E-state index in [1.54, 1.807) is 6.92 Å². The molecule has 3 nitrogen and oxygen atoms in total. The molecule has 0 heterocycles. The summed E-state index contributed by atoms with van der Waals surface area (Å²) in [6.07, 6.45) is 7.03. The fraction of sp³-hybridized carbons (Fsp3) is 0.923. The highest BCUT2D eigenvalue weighted by atomic mass is 16.3. The van der Waals surface area contributed by atoms with Gasteiger partial charge in [-0.25, -0.2) is 0 Å². The Bertz CT molecular complexity index is 220.